The summed E-state index contributed by atoms with van der Waals surface area (Å²) in [5.41, 5.74) is 0.828. The van der Waals surface area contributed by atoms with Crippen molar-refractivity contribution in [1.29, 1.82) is 0 Å². The Hall–Kier alpha value is -1.79. The lowest BCUT2D eigenvalue weighted by atomic mass is 10.2. The van der Waals surface area contributed by atoms with Crippen LogP contribution in [0.3, 0.4) is 0 Å². The van der Waals surface area contributed by atoms with E-state index in [0.29, 0.717) is 6.54 Å². The van der Waals surface area contributed by atoms with Crippen molar-refractivity contribution >= 4 is 6.09 Å². The molecular weight excluding hydrogens is 378 g/mol. The maximum Gasteiger partial charge on any atom is 0.410 e. The van der Waals surface area contributed by atoms with Gasteiger partial charge in [0.25, 0.3) is 0 Å². The fourth-order valence-electron chi connectivity index (χ4n) is 3.61. The summed E-state index contributed by atoms with van der Waals surface area (Å²) in [7, 11) is 0. The molecule has 1 amide bonds. The van der Waals surface area contributed by atoms with Gasteiger partial charge in [-0.15, -0.1) is 0 Å². The summed E-state index contributed by atoms with van der Waals surface area (Å²) in [6, 6.07) is 8.43. The molecule has 0 unspecified atom stereocenters. The van der Waals surface area contributed by atoms with Gasteiger partial charge in [0, 0.05) is 39.3 Å². The summed E-state index contributed by atoms with van der Waals surface area (Å²) in [6.07, 6.45) is 1.81. The molecule has 0 aliphatic carbocycles. The van der Waals surface area contributed by atoms with Crippen LogP contribution in [0.15, 0.2) is 24.3 Å². The van der Waals surface area contributed by atoms with Crippen LogP contribution in [0.2, 0.25) is 0 Å². The van der Waals surface area contributed by atoms with Crippen LogP contribution in [-0.2, 0) is 11.3 Å². The minimum absolute atomic E-state index is 0.202. The molecule has 1 aromatic rings. The molecule has 1 aromatic carbocycles. The van der Waals surface area contributed by atoms with Crippen LogP contribution in [0, 0.1) is 0 Å². The van der Waals surface area contributed by atoms with Crippen LogP contribution >= 0.6 is 0 Å². The third-order valence-electron chi connectivity index (χ3n) is 5.35. The predicted molar refractivity (Wildman–Crippen MR) is 122 cm³/mol. The number of rotatable bonds is 9. The minimum atomic E-state index is -0.446. The summed E-state index contributed by atoms with van der Waals surface area (Å²) in [6.45, 7) is 18.4. The molecule has 1 aliphatic rings. The van der Waals surface area contributed by atoms with E-state index in [1.165, 1.54) is 5.56 Å². The average molecular weight is 420 g/mol. The number of hydrogen-bond donors (Lipinski definition) is 0. The molecule has 0 aromatic heterocycles. The first-order valence-electron chi connectivity index (χ1n) is 11.4. The molecule has 1 fully saturated rings. The lowest BCUT2D eigenvalue weighted by Crippen LogP contribution is -2.39. The highest BCUT2D eigenvalue weighted by molar-refractivity contribution is 5.68. The van der Waals surface area contributed by atoms with Crippen LogP contribution in [0.4, 0.5) is 4.79 Å². The van der Waals surface area contributed by atoms with Gasteiger partial charge in [0.15, 0.2) is 0 Å². The van der Waals surface area contributed by atoms with Gasteiger partial charge in [-0.05, 0) is 64.4 Å². The molecule has 0 saturated carbocycles. The van der Waals surface area contributed by atoms with Crippen molar-refractivity contribution < 1.29 is 14.3 Å². The van der Waals surface area contributed by atoms with E-state index in [1.54, 1.807) is 0 Å². The topological polar surface area (TPSA) is 45.2 Å². The summed E-state index contributed by atoms with van der Waals surface area (Å²) < 4.78 is 11.4. The molecule has 30 heavy (non-hydrogen) atoms. The van der Waals surface area contributed by atoms with E-state index >= 15 is 0 Å². The maximum atomic E-state index is 12.3. The zero-order valence-corrected chi connectivity index (χ0v) is 19.7. The Morgan fingerprint density at radius 3 is 2.37 bits per heavy atom. The first kappa shape index (κ1) is 24.5. The van der Waals surface area contributed by atoms with Crippen LogP contribution in [0.25, 0.3) is 0 Å². The highest BCUT2D eigenvalue weighted by Crippen LogP contribution is 2.16. The Bertz CT molecular complexity index is 624. The van der Waals surface area contributed by atoms with Gasteiger partial charge in [-0.25, -0.2) is 4.79 Å². The van der Waals surface area contributed by atoms with Gasteiger partial charge in [0.05, 0.1) is 6.61 Å². The van der Waals surface area contributed by atoms with E-state index in [2.05, 4.69) is 47.9 Å². The molecule has 0 radical (unpaired) electrons. The van der Waals surface area contributed by atoms with Gasteiger partial charge in [-0.2, -0.15) is 0 Å². The zero-order valence-electron chi connectivity index (χ0n) is 19.7. The maximum absolute atomic E-state index is 12.3. The number of benzene rings is 1. The normalized spacial score (nSPS) is 15.9. The van der Waals surface area contributed by atoms with E-state index < -0.39 is 5.60 Å². The fourth-order valence-corrected chi connectivity index (χ4v) is 3.61. The van der Waals surface area contributed by atoms with Gasteiger partial charge in [0.1, 0.15) is 11.4 Å². The fraction of sp³-hybridized carbons (Fsp3) is 0.708. The molecule has 0 atom stereocenters. The lowest BCUT2D eigenvalue weighted by Gasteiger charge is -2.26. The average Bonchev–Trinajstić information content (AvgIpc) is 2.94. The van der Waals surface area contributed by atoms with Gasteiger partial charge in [0.2, 0.25) is 0 Å². The Morgan fingerprint density at radius 1 is 1.03 bits per heavy atom. The molecule has 1 saturated heterocycles. The van der Waals surface area contributed by atoms with Crippen LogP contribution < -0.4 is 4.74 Å². The molecule has 1 heterocycles. The number of hydrogen-bond acceptors (Lipinski definition) is 5. The highest BCUT2D eigenvalue weighted by Gasteiger charge is 2.24. The second-order valence-electron chi connectivity index (χ2n) is 8.97. The summed E-state index contributed by atoms with van der Waals surface area (Å²) in [4.78, 5) is 19.0. The molecule has 170 valence electrons. The molecule has 1 aliphatic heterocycles. The van der Waals surface area contributed by atoms with Crippen LogP contribution in [0.5, 0.6) is 5.75 Å². The molecular formula is C24H41N3O3. The second-order valence-corrected chi connectivity index (χ2v) is 8.97. The second kappa shape index (κ2) is 12.2. The first-order chi connectivity index (χ1) is 14.3. The Balaban J connectivity index is 1.74. The largest absolute Gasteiger partial charge is 0.494 e. The lowest BCUT2D eigenvalue weighted by molar-refractivity contribution is 0.0257. The first-order valence-corrected chi connectivity index (χ1v) is 11.4. The quantitative estimate of drug-likeness (QED) is 0.560. The van der Waals surface area contributed by atoms with Gasteiger partial charge in [-0.1, -0.05) is 26.0 Å². The number of nitrogens with zero attached hydrogens (tertiary/aromatic N) is 3. The molecule has 0 bridgehead atoms. The SMILES string of the molecule is CCN(CC)CCCOc1ccc(CN2CCCN(C(=O)OC(C)(C)C)CC2)cc1. The molecule has 0 spiro atoms. The summed E-state index contributed by atoms with van der Waals surface area (Å²) in [5, 5.41) is 0. The predicted octanol–water partition coefficient (Wildman–Crippen LogP) is 4.24. The number of amides is 1. The zero-order chi connectivity index (χ0) is 22.0. The van der Waals surface area contributed by atoms with Gasteiger partial charge < -0.3 is 19.3 Å². The van der Waals surface area contributed by atoms with Crippen LogP contribution in [-0.4, -0.2) is 78.8 Å². The van der Waals surface area contributed by atoms with Crippen molar-refractivity contribution in [2.75, 3.05) is 52.4 Å². The van der Waals surface area contributed by atoms with Crippen molar-refractivity contribution in [3.8, 4) is 5.75 Å². The van der Waals surface area contributed by atoms with Gasteiger partial charge >= 0.3 is 6.09 Å². The third-order valence-corrected chi connectivity index (χ3v) is 5.35. The summed E-state index contributed by atoms with van der Waals surface area (Å²) in [5.74, 6) is 0.935. The van der Waals surface area contributed by atoms with E-state index in [0.717, 1.165) is 71.0 Å². The monoisotopic (exact) mass is 419 g/mol. The van der Waals surface area contributed by atoms with Crippen molar-refractivity contribution in [3.63, 3.8) is 0 Å². The van der Waals surface area contributed by atoms with Crippen molar-refractivity contribution in [2.24, 2.45) is 0 Å². The Kier molecular flexibility index (Phi) is 9.92. The smallest absolute Gasteiger partial charge is 0.410 e. The summed E-state index contributed by atoms with van der Waals surface area (Å²) >= 11 is 0. The molecule has 6 heteroatoms. The molecule has 2 rings (SSSR count). The van der Waals surface area contributed by atoms with Crippen molar-refractivity contribution in [1.82, 2.24) is 14.7 Å². The van der Waals surface area contributed by atoms with E-state index in [-0.39, 0.29) is 6.09 Å². The van der Waals surface area contributed by atoms with E-state index in [9.17, 15) is 4.79 Å². The van der Waals surface area contributed by atoms with Crippen molar-refractivity contribution in [2.45, 2.75) is 59.6 Å². The molecule has 0 N–H and O–H groups in total. The number of carbonyl (C=O) groups excluding carboxylic acids is 1. The number of ether oxygens (including phenoxy) is 2. The molecule has 6 nitrogen and oxygen atoms in total. The van der Waals surface area contributed by atoms with Crippen LogP contribution in [0.1, 0.15) is 53.0 Å². The third kappa shape index (κ3) is 8.92. The van der Waals surface area contributed by atoms with E-state index in [4.69, 9.17) is 9.47 Å². The highest BCUT2D eigenvalue weighted by atomic mass is 16.6. The Morgan fingerprint density at radius 2 is 1.73 bits per heavy atom. The number of carbonyl (C=O) groups is 1. The minimum Gasteiger partial charge on any atom is -0.494 e. The Labute approximate surface area is 183 Å². The standard InChI is InChI=1S/C24H41N3O3/c1-6-25(7-2)15-9-19-29-22-12-10-21(11-13-22)20-26-14-8-16-27(18-17-26)23(28)30-24(3,4)5/h10-13H,6-9,14-20H2,1-5H3. The van der Waals surface area contributed by atoms with E-state index in [1.807, 2.05) is 25.7 Å². The van der Waals surface area contributed by atoms with Crippen molar-refractivity contribution in [3.05, 3.63) is 29.8 Å². The van der Waals surface area contributed by atoms with Gasteiger partial charge in [-0.3, -0.25) is 4.90 Å².